The summed E-state index contributed by atoms with van der Waals surface area (Å²) in [5.74, 6) is -2.68. The van der Waals surface area contributed by atoms with Crippen LogP contribution in [0.1, 0.15) is 37.8 Å². The van der Waals surface area contributed by atoms with Crippen molar-refractivity contribution in [2.75, 3.05) is 7.05 Å². The minimum atomic E-state index is -1.38. The summed E-state index contributed by atoms with van der Waals surface area (Å²) in [4.78, 5) is 0. The van der Waals surface area contributed by atoms with Gasteiger partial charge in [-0.15, -0.1) is 0 Å². The molecular weight excluding hydrogens is 239 g/mol. The predicted molar refractivity (Wildman–Crippen MR) is 64.6 cm³/mol. The van der Waals surface area contributed by atoms with Crippen LogP contribution >= 0.6 is 0 Å². The third-order valence-electron chi connectivity index (χ3n) is 3.92. The lowest BCUT2D eigenvalue weighted by atomic mass is 9.90. The third kappa shape index (κ3) is 2.39. The van der Waals surface area contributed by atoms with Crippen LogP contribution in [0.3, 0.4) is 0 Å². The molecule has 1 aromatic carbocycles. The first-order valence-corrected chi connectivity index (χ1v) is 6.35. The number of hydrogen-bond donors (Lipinski definition) is 1. The number of halogens is 3. The van der Waals surface area contributed by atoms with Crippen molar-refractivity contribution in [3.63, 3.8) is 0 Å². The fourth-order valence-corrected chi connectivity index (χ4v) is 2.98. The number of rotatable bonds is 3. The van der Waals surface area contributed by atoms with Gasteiger partial charge >= 0.3 is 0 Å². The van der Waals surface area contributed by atoms with Crippen molar-refractivity contribution >= 4 is 0 Å². The van der Waals surface area contributed by atoms with Crippen molar-refractivity contribution in [2.24, 2.45) is 11.8 Å². The highest BCUT2D eigenvalue weighted by Crippen LogP contribution is 2.39. The molecule has 0 aliphatic heterocycles. The highest BCUT2D eigenvalue weighted by molar-refractivity contribution is 5.24. The van der Waals surface area contributed by atoms with Gasteiger partial charge in [0.1, 0.15) is 0 Å². The van der Waals surface area contributed by atoms with Crippen LogP contribution in [0.4, 0.5) is 13.2 Å². The van der Waals surface area contributed by atoms with Crippen molar-refractivity contribution in [1.82, 2.24) is 5.32 Å². The molecule has 0 saturated heterocycles. The van der Waals surface area contributed by atoms with Gasteiger partial charge in [0.2, 0.25) is 0 Å². The largest absolute Gasteiger partial charge is 0.313 e. The van der Waals surface area contributed by atoms with Crippen molar-refractivity contribution < 1.29 is 13.2 Å². The molecule has 3 unspecified atom stereocenters. The van der Waals surface area contributed by atoms with E-state index < -0.39 is 17.5 Å². The zero-order valence-electron chi connectivity index (χ0n) is 10.6. The van der Waals surface area contributed by atoms with E-state index in [9.17, 15) is 13.2 Å². The fraction of sp³-hybridized carbons (Fsp3) is 0.571. The minimum Gasteiger partial charge on any atom is -0.313 e. The van der Waals surface area contributed by atoms with Gasteiger partial charge < -0.3 is 5.32 Å². The standard InChI is InChI=1S/C14H18F3N/c1-8-3-4-9(7-8)14(18-2)10-5-6-11(15)13(17)12(10)16/h5-6,8-9,14,18H,3-4,7H2,1-2H3. The van der Waals surface area contributed by atoms with Crippen LogP contribution in [0.2, 0.25) is 0 Å². The van der Waals surface area contributed by atoms with Crippen LogP contribution in [0.5, 0.6) is 0 Å². The van der Waals surface area contributed by atoms with Gasteiger partial charge in [0.15, 0.2) is 17.5 Å². The summed E-state index contributed by atoms with van der Waals surface area (Å²) < 4.78 is 40.0. The van der Waals surface area contributed by atoms with Crippen molar-refractivity contribution in [1.29, 1.82) is 0 Å². The van der Waals surface area contributed by atoms with Gasteiger partial charge in [-0.1, -0.05) is 19.4 Å². The molecule has 1 aliphatic carbocycles. The Kier molecular flexibility index (Phi) is 3.95. The molecule has 0 aromatic heterocycles. The van der Waals surface area contributed by atoms with Crippen LogP contribution in [-0.2, 0) is 0 Å². The second-order valence-electron chi connectivity index (χ2n) is 5.21. The van der Waals surface area contributed by atoms with E-state index >= 15 is 0 Å². The van der Waals surface area contributed by atoms with Crippen LogP contribution in [0.25, 0.3) is 0 Å². The summed E-state index contributed by atoms with van der Waals surface area (Å²) in [5.41, 5.74) is 0.232. The molecule has 0 bridgehead atoms. The molecule has 0 spiro atoms. The highest BCUT2D eigenvalue weighted by atomic mass is 19.2. The topological polar surface area (TPSA) is 12.0 Å². The van der Waals surface area contributed by atoms with Gasteiger partial charge in [-0.25, -0.2) is 13.2 Å². The Morgan fingerprint density at radius 3 is 2.44 bits per heavy atom. The normalized spacial score (nSPS) is 25.4. The van der Waals surface area contributed by atoms with Gasteiger partial charge in [-0.2, -0.15) is 0 Å². The lowest BCUT2D eigenvalue weighted by molar-refractivity contribution is 0.356. The van der Waals surface area contributed by atoms with E-state index in [1.807, 2.05) is 0 Å². The maximum atomic E-state index is 13.8. The number of benzene rings is 1. The zero-order valence-corrected chi connectivity index (χ0v) is 10.6. The maximum Gasteiger partial charge on any atom is 0.194 e. The molecule has 0 radical (unpaired) electrons. The third-order valence-corrected chi connectivity index (χ3v) is 3.92. The molecule has 1 nitrogen and oxygen atoms in total. The van der Waals surface area contributed by atoms with Crippen molar-refractivity contribution in [3.8, 4) is 0 Å². The van der Waals surface area contributed by atoms with Crippen LogP contribution in [0, 0.1) is 29.3 Å². The molecule has 1 N–H and O–H groups in total. The van der Waals surface area contributed by atoms with Crippen LogP contribution in [0.15, 0.2) is 12.1 Å². The summed E-state index contributed by atoms with van der Waals surface area (Å²) in [7, 11) is 1.73. The van der Waals surface area contributed by atoms with Gasteiger partial charge in [0.25, 0.3) is 0 Å². The van der Waals surface area contributed by atoms with Crippen molar-refractivity contribution in [2.45, 2.75) is 32.2 Å². The monoisotopic (exact) mass is 257 g/mol. The van der Waals surface area contributed by atoms with Gasteiger partial charge in [-0.3, -0.25) is 0 Å². The molecule has 3 atom stereocenters. The summed E-state index contributed by atoms with van der Waals surface area (Å²) >= 11 is 0. The van der Waals surface area contributed by atoms with Crippen LogP contribution < -0.4 is 5.32 Å². The quantitative estimate of drug-likeness (QED) is 0.812. The van der Waals surface area contributed by atoms with E-state index in [4.69, 9.17) is 0 Å². The lowest BCUT2D eigenvalue weighted by Gasteiger charge is -2.24. The molecule has 1 aliphatic rings. The molecule has 18 heavy (non-hydrogen) atoms. The van der Waals surface area contributed by atoms with E-state index in [1.54, 1.807) is 7.05 Å². The van der Waals surface area contributed by atoms with Gasteiger partial charge in [-0.05, 0) is 37.8 Å². The first-order chi connectivity index (χ1) is 8.54. The molecule has 1 aromatic rings. The maximum absolute atomic E-state index is 13.8. The summed E-state index contributed by atoms with van der Waals surface area (Å²) in [6.45, 7) is 2.16. The first-order valence-electron chi connectivity index (χ1n) is 6.35. The Labute approximate surface area is 105 Å². The second-order valence-corrected chi connectivity index (χ2v) is 5.21. The predicted octanol–water partition coefficient (Wildman–Crippen LogP) is 3.80. The molecule has 1 saturated carbocycles. The molecular formula is C14H18F3N. The summed E-state index contributed by atoms with van der Waals surface area (Å²) in [6, 6.07) is 2.10. The first kappa shape index (κ1) is 13.4. The molecule has 1 fully saturated rings. The van der Waals surface area contributed by atoms with Gasteiger partial charge in [0.05, 0.1) is 0 Å². The number of hydrogen-bond acceptors (Lipinski definition) is 1. The van der Waals surface area contributed by atoms with E-state index in [2.05, 4.69) is 12.2 Å². The van der Waals surface area contributed by atoms with Crippen LogP contribution in [-0.4, -0.2) is 7.05 Å². The Balaban J connectivity index is 2.30. The van der Waals surface area contributed by atoms with Crippen molar-refractivity contribution in [3.05, 3.63) is 35.1 Å². The van der Waals surface area contributed by atoms with E-state index in [-0.39, 0.29) is 17.5 Å². The Hall–Kier alpha value is -1.03. The molecule has 0 heterocycles. The lowest BCUT2D eigenvalue weighted by Crippen LogP contribution is -2.25. The van der Waals surface area contributed by atoms with E-state index in [1.165, 1.54) is 6.07 Å². The van der Waals surface area contributed by atoms with E-state index in [0.717, 1.165) is 25.3 Å². The Morgan fingerprint density at radius 1 is 1.17 bits per heavy atom. The van der Waals surface area contributed by atoms with E-state index in [0.29, 0.717) is 5.92 Å². The molecule has 100 valence electrons. The fourth-order valence-electron chi connectivity index (χ4n) is 2.98. The molecule has 0 amide bonds. The number of nitrogens with one attached hydrogen (secondary N) is 1. The summed E-state index contributed by atoms with van der Waals surface area (Å²) in [6.07, 6.45) is 3.09. The average Bonchev–Trinajstić information content (AvgIpc) is 2.77. The highest BCUT2D eigenvalue weighted by Gasteiger charge is 2.31. The SMILES string of the molecule is CNC(c1ccc(F)c(F)c1F)C1CCC(C)C1. The zero-order chi connectivity index (χ0) is 13.3. The molecule has 2 rings (SSSR count). The Bertz CT molecular complexity index is 433. The minimum absolute atomic E-state index is 0.232. The molecule has 4 heteroatoms. The average molecular weight is 257 g/mol. The smallest absolute Gasteiger partial charge is 0.194 e. The second kappa shape index (κ2) is 5.31. The summed E-state index contributed by atoms with van der Waals surface area (Å²) in [5, 5.41) is 3.04. The van der Waals surface area contributed by atoms with Gasteiger partial charge in [0, 0.05) is 11.6 Å². The Morgan fingerprint density at radius 2 is 1.89 bits per heavy atom.